The molecule has 0 aromatic carbocycles. The third kappa shape index (κ3) is 2.74. The Morgan fingerprint density at radius 1 is 1.18 bits per heavy atom. The Morgan fingerprint density at radius 2 is 1.88 bits per heavy atom. The maximum Gasteiger partial charge on any atom is 0.306 e. The standard InChI is InChI=1S/C10H14O7/c11-5-3-15-10-6(4-16-9(5)10)17-8(14)2-1-7(12)13/h5-6,9-11H,1-4H2,(H,12,13)/t5?,6?,9-,10-/m1/s1. The summed E-state index contributed by atoms with van der Waals surface area (Å²) in [7, 11) is 0. The fourth-order valence-electron chi connectivity index (χ4n) is 1.98. The largest absolute Gasteiger partial charge is 0.481 e. The van der Waals surface area contributed by atoms with E-state index in [1.54, 1.807) is 0 Å². The number of carbonyl (C=O) groups excluding carboxylic acids is 1. The van der Waals surface area contributed by atoms with Gasteiger partial charge < -0.3 is 24.4 Å². The Hall–Kier alpha value is -1.18. The lowest BCUT2D eigenvalue weighted by Crippen LogP contribution is -2.34. The summed E-state index contributed by atoms with van der Waals surface area (Å²) in [6.07, 6.45) is -2.58. The average molecular weight is 246 g/mol. The lowest BCUT2D eigenvalue weighted by molar-refractivity contribution is -0.156. The van der Waals surface area contributed by atoms with E-state index in [9.17, 15) is 14.7 Å². The number of hydrogen-bond acceptors (Lipinski definition) is 6. The van der Waals surface area contributed by atoms with E-state index in [1.165, 1.54) is 0 Å². The van der Waals surface area contributed by atoms with E-state index in [4.69, 9.17) is 19.3 Å². The van der Waals surface area contributed by atoms with Gasteiger partial charge in [0.1, 0.15) is 18.3 Å². The van der Waals surface area contributed by atoms with Crippen molar-refractivity contribution in [3.8, 4) is 0 Å². The molecule has 0 spiro atoms. The van der Waals surface area contributed by atoms with Crippen LogP contribution in [0, 0.1) is 0 Å². The third-order valence-corrected chi connectivity index (χ3v) is 2.81. The molecule has 4 atom stereocenters. The number of carboxylic acid groups (broad SMARTS) is 1. The highest BCUT2D eigenvalue weighted by Gasteiger charge is 2.48. The van der Waals surface area contributed by atoms with Crippen molar-refractivity contribution in [3.63, 3.8) is 0 Å². The molecule has 0 aromatic rings. The van der Waals surface area contributed by atoms with Gasteiger partial charge in [0, 0.05) is 0 Å². The first-order chi connectivity index (χ1) is 8.08. The van der Waals surface area contributed by atoms with Crippen LogP contribution in [-0.2, 0) is 23.8 Å². The molecule has 2 unspecified atom stereocenters. The van der Waals surface area contributed by atoms with Crippen LogP contribution in [0.5, 0.6) is 0 Å². The molecule has 17 heavy (non-hydrogen) atoms. The molecule has 2 heterocycles. The van der Waals surface area contributed by atoms with E-state index in [0.717, 1.165) is 0 Å². The van der Waals surface area contributed by atoms with E-state index in [0.29, 0.717) is 0 Å². The van der Waals surface area contributed by atoms with Gasteiger partial charge in [-0.15, -0.1) is 0 Å². The molecule has 2 fully saturated rings. The Balaban J connectivity index is 1.80. The zero-order valence-electron chi connectivity index (χ0n) is 9.07. The molecule has 0 bridgehead atoms. The number of rotatable bonds is 4. The van der Waals surface area contributed by atoms with Crippen molar-refractivity contribution in [1.29, 1.82) is 0 Å². The number of carboxylic acids is 1. The highest BCUT2D eigenvalue weighted by atomic mass is 16.6. The number of aliphatic hydroxyl groups excluding tert-OH is 1. The predicted octanol–water partition coefficient (Wildman–Crippen LogP) is -1.08. The first kappa shape index (κ1) is 12.3. The van der Waals surface area contributed by atoms with Crippen molar-refractivity contribution in [2.45, 2.75) is 37.3 Å². The molecule has 96 valence electrons. The van der Waals surface area contributed by atoms with Gasteiger partial charge in [-0.2, -0.15) is 0 Å². The Bertz CT molecular complexity index is 316. The lowest BCUT2D eigenvalue weighted by atomic mass is 10.1. The fraction of sp³-hybridized carbons (Fsp3) is 0.800. The van der Waals surface area contributed by atoms with Crippen LogP contribution in [0.25, 0.3) is 0 Å². The van der Waals surface area contributed by atoms with E-state index in [-0.39, 0.29) is 26.1 Å². The van der Waals surface area contributed by atoms with Gasteiger partial charge in [0.05, 0.1) is 26.1 Å². The molecule has 2 rings (SSSR count). The Kier molecular flexibility index (Phi) is 3.60. The van der Waals surface area contributed by atoms with Gasteiger partial charge in [0.15, 0.2) is 6.10 Å². The summed E-state index contributed by atoms with van der Waals surface area (Å²) in [5.41, 5.74) is 0. The topological polar surface area (TPSA) is 102 Å². The molecule has 2 aliphatic rings. The van der Waals surface area contributed by atoms with Crippen LogP contribution in [0.1, 0.15) is 12.8 Å². The quantitative estimate of drug-likeness (QED) is 0.608. The van der Waals surface area contributed by atoms with Gasteiger partial charge in [0.2, 0.25) is 0 Å². The van der Waals surface area contributed by atoms with Crippen molar-refractivity contribution in [1.82, 2.24) is 0 Å². The minimum Gasteiger partial charge on any atom is -0.481 e. The normalized spacial score (nSPS) is 35.6. The summed E-state index contributed by atoms with van der Waals surface area (Å²) >= 11 is 0. The van der Waals surface area contributed by atoms with Gasteiger partial charge in [-0.3, -0.25) is 9.59 Å². The van der Waals surface area contributed by atoms with Gasteiger partial charge in [-0.05, 0) is 0 Å². The minimum atomic E-state index is -1.05. The second-order valence-electron chi connectivity index (χ2n) is 4.09. The van der Waals surface area contributed by atoms with Crippen LogP contribution in [0.4, 0.5) is 0 Å². The van der Waals surface area contributed by atoms with Crippen LogP contribution in [0.3, 0.4) is 0 Å². The van der Waals surface area contributed by atoms with E-state index in [2.05, 4.69) is 0 Å². The molecule has 7 nitrogen and oxygen atoms in total. The maximum atomic E-state index is 11.3. The smallest absolute Gasteiger partial charge is 0.306 e. The van der Waals surface area contributed by atoms with Crippen molar-refractivity contribution < 1.29 is 34.0 Å². The van der Waals surface area contributed by atoms with Crippen molar-refractivity contribution in [2.75, 3.05) is 13.2 Å². The maximum absolute atomic E-state index is 11.3. The number of aliphatic carboxylic acids is 1. The van der Waals surface area contributed by atoms with Crippen LogP contribution in [0.15, 0.2) is 0 Å². The average Bonchev–Trinajstić information content (AvgIpc) is 2.81. The van der Waals surface area contributed by atoms with Crippen LogP contribution in [0.2, 0.25) is 0 Å². The molecule has 2 saturated heterocycles. The Labute approximate surface area is 97.3 Å². The number of aliphatic hydroxyl groups is 1. The summed E-state index contributed by atoms with van der Waals surface area (Å²) in [4.78, 5) is 21.6. The molecular weight excluding hydrogens is 232 g/mol. The molecule has 7 heteroatoms. The zero-order chi connectivity index (χ0) is 12.4. The molecule has 0 aromatic heterocycles. The van der Waals surface area contributed by atoms with E-state index >= 15 is 0 Å². The van der Waals surface area contributed by atoms with Gasteiger partial charge in [-0.25, -0.2) is 0 Å². The summed E-state index contributed by atoms with van der Waals surface area (Å²) in [6, 6.07) is 0. The second kappa shape index (κ2) is 4.99. The third-order valence-electron chi connectivity index (χ3n) is 2.81. The molecule has 0 saturated carbocycles. The summed E-state index contributed by atoms with van der Waals surface area (Å²) in [5, 5.41) is 17.9. The molecule has 0 aliphatic carbocycles. The molecular formula is C10H14O7. The first-order valence-corrected chi connectivity index (χ1v) is 5.40. The predicted molar refractivity (Wildman–Crippen MR) is 52.2 cm³/mol. The summed E-state index contributed by atoms with van der Waals surface area (Å²) < 4.78 is 15.6. The number of fused-ring (bicyclic) bond motifs is 1. The molecule has 0 amide bonds. The first-order valence-electron chi connectivity index (χ1n) is 5.40. The van der Waals surface area contributed by atoms with Crippen molar-refractivity contribution in [2.24, 2.45) is 0 Å². The lowest BCUT2D eigenvalue weighted by Gasteiger charge is -2.16. The van der Waals surface area contributed by atoms with Gasteiger partial charge in [-0.1, -0.05) is 0 Å². The molecule has 2 N–H and O–H groups in total. The second-order valence-corrected chi connectivity index (χ2v) is 4.09. The minimum absolute atomic E-state index is 0.165. The van der Waals surface area contributed by atoms with Gasteiger partial charge in [0.25, 0.3) is 0 Å². The number of esters is 1. The van der Waals surface area contributed by atoms with Crippen molar-refractivity contribution >= 4 is 11.9 Å². The fourth-order valence-corrected chi connectivity index (χ4v) is 1.98. The SMILES string of the molecule is O=C(O)CCC(=O)OC1CO[C@@H]2C(O)CO[C@H]12. The van der Waals surface area contributed by atoms with Crippen LogP contribution in [-0.4, -0.2) is 59.8 Å². The highest BCUT2D eigenvalue weighted by Crippen LogP contribution is 2.28. The summed E-state index contributed by atoms with van der Waals surface area (Å²) in [5.74, 6) is -1.64. The number of ether oxygens (including phenoxy) is 3. The van der Waals surface area contributed by atoms with E-state index < -0.39 is 36.4 Å². The zero-order valence-corrected chi connectivity index (χ0v) is 9.07. The van der Waals surface area contributed by atoms with Crippen molar-refractivity contribution in [3.05, 3.63) is 0 Å². The summed E-state index contributed by atoms with van der Waals surface area (Å²) in [6.45, 7) is 0.337. The Morgan fingerprint density at radius 3 is 2.59 bits per heavy atom. The number of carbonyl (C=O) groups is 2. The number of hydrogen-bond donors (Lipinski definition) is 2. The highest BCUT2D eigenvalue weighted by molar-refractivity contribution is 5.76. The molecule has 0 radical (unpaired) electrons. The van der Waals surface area contributed by atoms with Crippen LogP contribution >= 0.6 is 0 Å². The van der Waals surface area contributed by atoms with E-state index in [1.807, 2.05) is 0 Å². The van der Waals surface area contributed by atoms with Gasteiger partial charge >= 0.3 is 11.9 Å². The van der Waals surface area contributed by atoms with Crippen LogP contribution < -0.4 is 0 Å². The monoisotopic (exact) mass is 246 g/mol. The molecule has 2 aliphatic heterocycles.